The Bertz CT molecular complexity index is 1450. The lowest BCUT2D eigenvalue weighted by Crippen LogP contribution is -2.28. The van der Waals surface area contributed by atoms with Crippen molar-refractivity contribution in [2.45, 2.75) is 24.7 Å². The van der Waals surface area contributed by atoms with E-state index in [1.807, 2.05) is 0 Å². The number of ether oxygens (including phenoxy) is 1. The third kappa shape index (κ3) is 5.19. The summed E-state index contributed by atoms with van der Waals surface area (Å²) in [6, 6.07) is 11.3. The van der Waals surface area contributed by atoms with Crippen LogP contribution in [-0.2, 0) is 14.8 Å². The molecule has 0 unspecified atom stereocenters. The molecule has 0 atom stereocenters. The summed E-state index contributed by atoms with van der Waals surface area (Å²) in [5.74, 6) is -2.08. The summed E-state index contributed by atoms with van der Waals surface area (Å²) in [5, 5.41) is 6.51. The van der Waals surface area contributed by atoms with Crippen LogP contribution >= 0.6 is 0 Å². The highest BCUT2D eigenvalue weighted by Crippen LogP contribution is 2.22. The number of rotatable bonds is 7. The molecule has 1 aliphatic rings. The molecule has 0 spiro atoms. The van der Waals surface area contributed by atoms with Gasteiger partial charge in [0.1, 0.15) is 5.82 Å². The average Bonchev–Trinajstić information content (AvgIpc) is 3.41. The Morgan fingerprint density at radius 1 is 1.06 bits per heavy atom. The third-order valence-corrected chi connectivity index (χ3v) is 7.45. The van der Waals surface area contributed by atoms with Crippen LogP contribution in [0.15, 0.2) is 64.3 Å². The first-order valence-corrected chi connectivity index (χ1v) is 12.6. The maximum Gasteiger partial charge on any atom is 0.360 e. The van der Waals surface area contributed by atoms with Crippen LogP contribution in [-0.4, -0.2) is 54.1 Å². The monoisotopic (exact) mass is 514 g/mol. The van der Waals surface area contributed by atoms with Gasteiger partial charge in [-0.25, -0.2) is 17.6 Å². The van der Waals surface area contributed by atoms with Gasteiger partial charge >= 0.3 is 5.97 Å². The van der Waals surface area contributed by atoms with Crippen molar-refractivity contribution in [1.82, 2.24) is 14.1 Å². The van der Waals surface area contributed by atoms with E-state index in [1.165, 1.54) is 40.7 Å². The molecule has 12 heteroatoms. The maximum atomic E-state index is 13.3. The summed E-state index contributed by atoms with van der Waals surface area (Å²) in [4.78, 5) is 38.2. The van der Waals surface area contributed by atoms with E-state index in [4.69, 9.17) is 4.74 Å². The van der Waals surface area contributed by atoms with Crippen molar-refractivity contribution in [3.63, 3.8) is 0 Å². The Balaban J connectivity index is 1.63. The smallest absolute Gasteiger partial charge is 0.360 e. The van der Waals surface area contributed by atoms with Crippen LogP contribution in [0.5, 0.6) is 0 Å². The molecule has 2 aromatic carbocycles. The molecule has 3 aromatic rings. The van der Waals surface area contributed by atoms with Crippen LogP contribution < -0.4 is 10.9 Å². The van der Waals surface area contributed by atoms with E-state index in [9.17, 15) is 27.2 Å². The number of nitrogens with one attached hydrogen (secondary N) is 1. The molecule has 1 aromatic heterocycles. The maximum absolute atomic E-state index is 13.3. The lowest BCUT2D eigenvalue weighted by Gasteiger charge is -2.15. The molecule has 0 radical (unpaired) electrons. The predicted octanol–water partition coefficient (Wildman–Crippen LogP) is 2.59. The molecular formula is C24H23FN4O6S. The lowest BCUT2D eigenvalue weighted by molar-refractivity contribution is 0.0518. The van der Waals surface area contributed by atoms with E-state index >= 15 is 0 Å². The van der Waals surface area contributed by atoms with Crippen molar-refractivity contribution in [3.8, 4) is 5.69 Å². The van der Waals surface area contributed by atoms with Crippen LogP contribution in [0.3, 0.4) is 0 Å². The highest BCUT2D eigenvalue weighted by Gasteiger charge is 2.27. The first-order valence-electron chi connectivity index (χ1n) is 11.2. The van der Waals surface area contributed by atoms with Crippen molar-refractivity contribution in [2.24, 2.45) is 0 Å². The van der Waals surface area contributed by atoms with E-state index in [-0.39, 0.29) is 34.1 Å². The SMILES string of the molecule is CCOC(=O)c1nn(-c2ccc(F)cc2)c(=O)cc1NC(=O)c1ccc(S(=O)(=O)N2CCCC2)cc1. The summed E-state index contributed by atoms with van der Waals surface area (Å²) in [5.41, 5.74) is -0.887. The molecule has 1 amide bonds. The number of hydrogen-bond acceptors (Lipinski definition) is 7. The van der Waals surface area contributed by atoms with E-state index in [1.54, 1.807) is 6.92 Å². The largest absolute Gasteiger partial charge is 0.461 e. The van der Waals surface area contributed by atoms with Gasteiger partial charge in [0.15, 0.2) is 5.69 Å². The van der Waals surface area contributed by atoms with Crippen LogP contribution in [0, 0.1) is 5.82 Å². The average molecular weight is 515 g/mol. The number of esters is 1. The van der Waals surface area contributed by atoms with E-state index in [0.717, 1.165) is 35.7 Å². The zero-order valence-corrected chi connectivity index (χ0v) is 20.1. The second-order valence-corrected chi connectivity index (χ2v) is 9.88. The van der Waals surface area contributed by atoms with Crippen molar-refractivity contribution in [3.05, 3.63) is 82.0 Å². The molecule has 2 heterocycles. The van der Waals surface area contributed by atoms with Crippen LogP contribution in [0.4, 0.5) is 10.1 Å². The van der Waals surface area contributed by atoms with Crippen LogP contribution in [0.2, 0.25) is 0 Å². The molecule has 0 aliphatic carbocycles. The quantitative estimate of drug-likeness (QED) is 0.480. The molecule has 36 heavy (non-hydrogen) atoms. The standard InChI is InChI=1S/C24H23FN4O6S/c1-2-35-24(32)22-20(15-21(30)29(27-22)18-9-7-17(25)8-10-18)26-23(31)16-5-11-19(12-6-16)36(33,34)28-13-3-4-14-28/h5-12,15H,2-4,13-14H2,1H3,(H,26,31). The van der Waals surface area contributed by atoms with E-state index in [2.05, 4.69) is 10.4 Å². The number of aromatic nitrogens is 2. The van der Waals surface area contributed by atoms with Gasteiger partial charge in [-0.3, -0.25) is 9.59 Å². The summed E-state index contributed by atoms with van der Waals surface area (Å²) in [6.07, 6.45) is 1.60. The van der Waals surface area contributed by atoms with Gasteiger partial charge in [0.25, 0.3) is 11.5 Å². The minimum absolute atomic E-state index is 0.0243. The fourth-order valence-electron chi connectivity index (χ4n) is 3.72. The number of carbonyl (C=O) groups excluding carboxylic acids is 2. The minimum Gasteiger partial charge on any atom is -0.461 e. The predicted molar refractivity (Wildman–Crippen MR) is 128 cm³/mol. The Labute approximate surface area is 206 Å². The minimum atomic E-state index is -3.64. The van der Waals surface area contributed by atoms with Gasteiger partial charge in [-0.1, -0.05) is 0 Å². The number of carbonyl (C=O) groups is 2. The second-order valence-electron chi connectivity index (χ2n) is 7.94. The number of anilines is 1. The third-order valence-electron chi connectivity index (χ3n) is 5.54. The molecule has 188 valence electrons. The number of hydrogen-bond donors (Lipinski definition) is 1. The molecule has 1 fully saturated rings. The van der Waals surface area contributed by atoms with Gasteiger partial charge in [0.05, 0.1) is 22.9 Å². The van der Waals surface area contributed by atoms with E-state index in [0.29, 0.717) is 13.1 Å². The number of benzene rings is 2. The highest BCUT2D eigenvalue weighted by atomic mass is 32.2. The van der Waals surface area contributed by atoms with Crippen LogP contribution in [0.1, 0.15) is 40.6 Å². The fourth-order valence-corrected chi connectivity index (χ4v) is 5.24. The highest BCUT2D eigenvalue weighted by molar-refractivity contribution is 7.89. The molecule has 4 rings (SSSR count). The summed E-state index contributed by atoms with van der Waals surface area (Å²) >= 11 is 0. The zero-order valence-electron chi connectivity index (χ0n) is 19.3. The van der Waals surface area contributed by atoms with Gasteiger partial charge < -0.3 is 10.1 Å². The number of sulfonamides is 1. The first-order chi connectivity index (χ1) is 17.2. The summed E-state index contributed by atoms with van der Waals surface area (Å²) in [7, 11) is -3.64. The Kier molecular flexibility index (Phi) is 7.27. The van der Waals surface area contributed by atoms with Gasteiger partial charge in [0.2, 0.25) is 10.0 Å². The normalized spacial score (nSPS) is 13.9. The fraction of sp³-hybridized carbons (Fsp3) is 0.250. The number of nitrogens with zero attached hydrogens (tertiary/aromatic N) is 3. The summed E-state index contributed by atoms with van der Waals surface area (Å²) < 4.78 is 46.0. The second kappa shape index (κ2) is 10.4. The van der Waals surface area contributed by atoms with Gasteiger partial charge in [-0.15, -0.1) is 0 Å². The molecule has 0 bridgehead atoms. The molecule has 1 aliphatic heterocycles. The van der Waals surface area contributed by atoms with Crippen molar-refractivity contribution < 1.29 is 27.1 Å². The zero-order chi connectivity index (χ0) is 25.9. The lowest BCUT2D eigenvalue weighted by atomic mass is 10.2. The number of amides is 1. The molecule has 0 saturated carbocycles. The Morgan fingerprint density at radius 3 is 2.31 bits per heavy atom. The Morgan fingerprint density at radius 2 is 1.69 bits per heavy atom. The topological polar surface area (TPSA) is 128 Å². The first kappa shape index (κ1) is 25.2. The van der Waals surface area contributed by atoms with Crippen LogP contribution in [0.25, 0.3) is 5.69 Å². The number of halogens is 1. The van der Waals surface area contributed by atoms with Crippen molar-refractivity contribution >= 4 is 27.6 Å². The van der Waals surface area contributed by atoms with Gasteiger partial charge in [-0.2, -0.15) is 14.1 Å². The molecule has 10 nitrogen and oxygen atoms in total. The molecule has 1 saturated heterocycles. The van der Waals surface area contributed by atoms with Gasteiger partial charge in [0, 0.05) is 24.7 Å². The summed E-state index contributed by atoms with van der Waals surface area (Å²) in [6.45, 7) is 2.52. The van der Waals surface area contributed by atoms with Gasteiger partial charge in [-0.05, 0) is 68.3 Å². The molecule has 1 N–H and O–H groups in total. The molecular weight excluding hydrogens is 491 g/mol. The van der Waals surface area contributed by atoms with E-state index < -0.39 is 33.3 Å². The van der Waals surface area contributed by atoms with Crippen molar-refractivity contribution in [2.75, 3.05) is 25.0 Å². The Hall–Kier alpha value is -3.90. The van der Waals surface area contributed by atoms with Crippen molar-refractivity contribution in [1.29, 1.82) is 0 Å².